The zero-order valence-electron chi connectivity index (χ0n) is 21.2. The van der Waals surface area contributed by atoms with E-state index in [0.29, 0.717) is 12.2 Å². The number of aromatic amines is 1. The second kappa shape index (κ2) is 6.92. The minimum absolute atomic E-state index is 0.0150. The fraction of sp³-hybridized carbons (Fsp3) is 0.469. The summed E-state index contributed by atoms with van der Waals surface area (Å²) in [5.41, 5.74) is 5.10. The number of ketones is 1. The van der Waals surface area contributed by atoms with Gasteiger partial charge in [-0.2, -0.15) is 0 Å². The molecule has 3 aliphatic carbocycles. The second-order valence-corrected chi connectivity index (χ2v) is 12.2. The van der Waals surface area contributed by atoms with Crippen LogP contribution in [0.5, 0.6) is 5.75 Å². The van der Waals surface area contributed by atoms with E-state index < -0.39 is 0 Å². The number of fused-ring (bicyclic) bond motifs is 8. The molecule has 3 heterocycles. The van der Waals surface area contributed by atoms with Gasteiger partial charge >= 0.3 is 0 Å². The van der Waals surface area contributed by atoms with Crippen LogP contribution in [0.25, 0.3) is 10.9 Å². The van der Waals surface area contributed by atoms with Crippen molar-refractivity contribution in [3.63, 3.8) is 0 Å². The molecule has 3 fully saturated rings. The standard InChI is InChI=1S/C32H34N2O2/c1-30-14-5-6-15-31(30)16-17-32(30,20-9-11-21(36-2)12-10-20)27-26(35)19-25-28-23(13-18-34(25)29(27)31)22-7-3-4-8-24(22)33-28/h3-4,7-12,16-17,25,27,29,33H,5-6,13-15,18-19H2,1-2H3/t25-,27+,29-,30-,31-,32+/m0/s1. The summed E-state index contributed by atoms with van der Waals surface area (Å²) in [6, 6.07) is 17.8. The summed E-state index contributed by atoms with van der Waals surface area (Å²) < 4.78 is 5.50. The Kier molecular flexibility index (Phi) is 4.08. The Morgan fingerprint density at radius 2 is 1.83 bits per heavy atom. The van der Waals surface area contributed by atoms with Crippen LogP contribution in [0.3, 0.4) is 0 Å². The molecule has 1 N–H and O–H groups in total. The van der Waals surface area contributed by atoms with Crippen molar-refractivity contribution < 1.29 is 9.53 Å². The van der Waals surface area contributed by atoms with E-state index in [1.54, 1.807) is 7.11 Å². The van der Waals surface area contributed by atoms with Crippen molar-refractivity contribution in [2.45, 2.75) is 62.9 Å². The van der Waals surface area contributed by atoms with E-state index in [9.17, 15) is 4.79 Å². The minimum Gasteiger partial charge on any atom is -0.497 e. The van der Waals surface area contributed by atoms with Gasteiger partial charge < -0.3 is 9.72 Å². The zero-order chi connectivity index (χ0) is 24.3. The van der Waals surface area contributed by atoms with E-state index in [0.717, 1.165) is 18.7 Å². The summed E-state index contributed by atoms with van der Waals surface area (Å²) in [4.78, 5) is 21.0. The molecule has 36 heavy (non-hydrogen) atoms. The van der Waals surface area contributed by atoms with Crippen LogP contribution in [0.15, 0.2) is 60.7 Å². The van der Waals surface area contributed by atoms with Gasteiger partial charge in [0.15, 0.2) is 0 Å². The van der Waals surface area contributed by atoms with Crippen LogP contribution in [0.2, 0.25) is 0 Å². The molecule has 2 aromatic carbocycles. The van der Waals surface area contributed by atoms with Crippen molar-refractivity contribution in [2.24, 2.45) is 16.7 Å². The molecule has 5 aliphatic rings. The fourth-order valence-electron chi connectivity index (χ4n) is 9.88. The smallest absolute Gasteiger partial charge is 0.140 e. The molecular formula is C32H34N2O2. The van der Waals surface area contributed by atoms with Gasteiger partial charge in [0.1, 0.15) is 11.5 Å². The van der Waals surface area contributed by atoms with Crippen LogP contribution in [0.1, 0.15) is 61.9 Å². The maximum Gasteiger partial charge on any atom is 0.140 e. The lowest BCUT2D eigenvalue weighted by Gasteiger charge is -2.54. The van der Waals surface area contributed by atoms with Crippen LogP contribution in [0.4, 0.5) is 0 Å². The first kappa shape index (κ1) is 21.3. The van der Waals surface area contributed by atoms with Gasteiger partial charge in [0.25, 0.3) is 0 Å². The van der Waals surface area contributed by atoms with E-state index in [1.165, 1.54) is 53.4 Å². The van der Waals surface area contributed by atoms with Crippen LogP contribution in [0, 0.1) is 16.7 Å². The van der Waals surface area contributed by atoms with Crippen LogP contribution in [-0.4, -0.2) is 35.4 Å². The molecule has 1 saturated heterocycles. The number of hydrogen-bond acceptors (Lipinski definition) is 3. The van der Waals surface area contributed by atoms with Crippen molar-refractivity contribution in [3.8, 4) is 5.75 Å². The Balaban J connectivity index is 1.32. The second-order valence-electron chi connectivity index (χ2n) is 12.2. The predicted molar refractivity (Wildman–Crippen MR) is 141 cm³/mol. The number of hydrogen-bond donors (Lipinski definition) is 1. The number of para-hydroxylation sites is 1. The summed E-state index contributed by atoms with van der Waals surface area (Å²) in [6.07, 6.45) is 11.6. The average molecular weight is 479 g/mol. The van der Waals surface area contributed by atoms with Crippen LogP contribution < -0.4 is 4.74 Å². The highest BCUT2D eigenvalue weighted by molar-refractivity contribution is 5.90. The molecule has 0 amide bonds. The number of piperidine rings is 1. The first-order valence-corrected chi connectivity index (χ1v) is 13.8. The topological polar surface area (TPSA) is 45.3 Å². The number of allylic oxidation sites excluding steroid dienone is 1. The van der Waals surface area contributed by atoms with Crippen molar-refractivity contribution >= 4 is 16.7 Å². The maximum absolute atomic E-state index is 14.4. The average Bonchev–Trinajstić information content (AvgIpc) is 3.49. The number of methoxy groups -OCH3 is 1. The predicted octanol–water partition coefficient (Wildman–Crippen LogP) is 6.12. The lowest BCUT2D eigenvalue weighted by Crippen LogP contribution is -2.59. The molecule has 184 valence electrons. The van der Waals surface area contributed by atoms with Gasteiger partial charge in [-0.3, -0.25) is 9.69 Å². The molecule has 4 heteroatoms. The zero-order valence-corrected chi connectivity index (χ0v) is 21.2. The van der Waals surface area contributed by atoms with Crippen molar-refractivity contribution in [2.75, 3.05) is 13.7 Å². The summed E-state index contributed by atoms with van der Waals surface area (Å²) >= 11 is 0. The SMILES string of the molecule is COc1ccc([C@@]23C=C[C@@]4(CCCC[C@@]42C)[C@@H]2[C@H]3C(=O)C[C@H]3c4[nH]c5ccccc5c4CCN23)cc1. The Labute approximate surface area is 212 Å². The molecule has 6 atom stereocenters. The summed E-state index contributed by atoms with van der Waals surface area (Å²) in [5.74, 6) is 1.35. The number of benzene rings is 2. The highest BCUT2D eigenvalue weighted by Gasteiger charge is 2.79. The molecule has 2 saturated carbocycles. The molecule has 2 aliphatic heterocycles. The van der Waals surface area contributed by atoms with Crippen molar-refractivity contribution in [1.29, 1.82) is 0 Å². The molecular weight excluding hydrogens is 444 g/mol. The number of H-pyrrole nitrogens is 1. The Morgan fingerprint density at radius 3 is 2.67 bits per heavy atom. The Bertz CT molecular complexity index is 1440. The molecule has 8 rings (SSSR count). The number of rotatable bonds is 2. The molecule has 0 radical (unpaired) electrons. The lowest BCUT2D eigenvalue weighted by atomic mass is 9.53. The fourth-order valence-corrected chi connectivity index (χ4v) is 9.88. The van der Waals surface area contributed by atoms with E-state index in [-0.39, 0.29) is 34.2 Å². The first-order chi connectivity index (χ1) is 17.5. The normalized spacial score (nSPS) is 38.5. The first-order valence-electron chi connectivity index (χ1n) is 13.8. The van der Waals surface area contributed by atoms with Gasteiger partial charge in [-0.15, -0.1) is 0 Å². The van der Waals surface area contributed by atoms with Gasteiger partial charge in [-0.1, -0.05) is 62.2 Å². The number of nitrogens with one attached hydrogen (secondary N) is 1. The third-order valence-electron chi connectivity index (χ3n) is 11.3. The van der Waals surface area contributed by atoms with Crippen molar-refractivity contribution in [3.05, 3.63) is 77.5 Å². The van der Waals surface area contributed by atoms with Gasteiger partial charge in [0, 0.05) is 52.4 Å². The molecule has 0 unspecified atom stereocenters. The number of ether oxygens (including phenoxy) is 1. The number of nitrogens with zero attached hydrogens (tertiary/aromatic N) is 1. The highest BCUT2D eigenvalue weighted by Crippen LogP contribution is 2.78. The summed E-state index contributed by atoms with van der Waals surface area (Å²) in [7, 11) is 1.72. The Hall–Kier alpha value is -2.85. The summed E-state index contributed by atoms with van der Waals surface area (Å²) in [5, 5.41) is 1.34. The van der Waals surface area contributed by atoms with Crippen LogP contribution >= 0.6 is 0 Å². The monoisotopic (exact) mass is 478 g/mol. The highest BCUT2D eigenvalue weighted by atomic mass is 16.5. The maximum atomic E-state index is 14.4. The van der Waals surface area contributed by atoms with Gasteiger partial charge in [-0.05, 0) is 54.0 Å². The molecule has 2 bridgehead atoms. The third-order valence-corrected chi connectivity index (χ3v) is 11.3. The third kappa shape index (κ3) is 2.21. The van der Waals surface area contributed by atoms with Crippen molar-refractivity contribution in [1.82, 2.24) is 9.88 Å². The minimum atomic E-state index is -0.243. The number of carbonyl (C=O) groups is 1. The number of carbonyl (C=O) groups excluding carboxylic acids is 1. The van der Waals surface area contributed by atoms with E-state index in [1.807, 2.05) is 0 Å². The lowest BCUT2D eigenvalue weighted by molar-refractivity contribution is -0.135. The number of Topliss-reactive ketones (excluding diaryl/α,β-unsaturated/α-hetero) is 1. The van der Waals surface area contributed by atoms with Gasteiger partial charge in [0.05, 0.1) is 13.2 Å². The quantitative estimate of drug-likeness (QED) is 0.451. The van der Waals surface area contributed by atoms with E-state index >= 15 is 0 Å². The summed E-state index contributed by atoms with van der Waals surface area (Å²) in [6.45, 7) is 3.56. The largest absolute Gasteiger partial charge is 0.497 e. The molecule has 0 spiro atoms. The van der Waals surface area contributed by atoms with E-state index in [4.69, 9.17) is 4.74 Å². The van der Waals surface area contributed by atoms with Gasteiger partial charge in [0.2, 0.25) is 0 Å². The van der Waals surface area contributed by atoms with Crippen LogP contribution in [-0.2, 0) is 16.6 Å². The van der Waals surface area contributed by atoms with E-state index in [2.05, 4.69) is 77.5 Å². The molecule has 1 aromatic heterocycles. The number of aromatic nitrogens is 1. The molecule has 4 nitrogen and oxygen atoms in total. The molecule has 3 aromatic rings. The van der Waals surface area contributed by atoms with Gasteiger partial charge in [-0.25, -0.2) is 0 Å². The Morgan fingerprint density at radius 1 is 1.03 bits per heavy atom.